The Balaban J connectivity index is 1.81. The molecule has 0 amide bonds. The molecule has 3 N–H and O–H groups in total. The molecule has 2 aromatic rings. The van der Waals surface area contributed by atoms with Crippen molar-refractivity contribution in [1.82, 2.24) is 15.0 Å². The normalized spacial score (nSPS) is 21.2. The van der Waals surface area contributed by atoms with Crippen molar-refractivity contribution in [1.29, 1.82) is 0 Å². The Morgan fingerprint density at radius 2 is 2.04 bits per heavy atom. The fourth-order valence-electron chi connectivity index (χ4n) is 3.05. The minimum absolute atomic E-state index is 0.189. The first kappa shape index (κ1) is 18.5. The predicted octanol–water partition coefficient (Wildman–Crippen LogP) is 3.41. The number of hydrogen-bond donors (Lipinski definition) is 3. The van der Waals surface area contributed by atoms with E-state index >= 15 is 0 Å². The number of alkyl halides is 1. The Morgan fingerprint density at radius 3 is 2.73 bits per heavy atom. The summed E-state index contributed by atoms with van der Waals surface area (Å²) in [5.74, 6) is 1.09. The van der Waals surface area contributed by atoms with Crippen molar-refractivity contribution < 1.29 is 9.50 Å². The Hall–Kier alpha value is -2.28. The summed E-state index contributed by atoms with van der Waals surface area (Å²) in [6.07, 6.45) is 6.12. The van der Waals surface area contributed by atoms with Crippen molar-refractivity contribution in [2.75, 3.05) is 17.2 Å². The summed E-state index contributed by atoms with van der Waals surface area (Å²) in [5, 5.41) is 16.1. The average molecular weight is 359 g/mol. The van der Waals surface area contributed by atoms with Crippen molar-refractivity contribution in [3.63, 3.8) is 0 Å². The van der Waals surface area contributed by atoms with Crippen molar-refractivity contribution in [3.05, 3.63) is 30.6 Å². The third-order valence-corrected chi connectivity index (χ3v) is 4.69. The number of aromatic nitrogens is 3. The lowest BCUT2D eigenvalue weighted by atomic mass is 9.93. The molecule has 2 aromatic heterocycles. The quantitative estimate of drug-likeness (QED) is 0.703. The van der Waals surface area contributed by atoms with E-state index in [-0.39, 0.29) is 18.7 Å². The van der Waals surface area contributed by atoms with Crippen LogP contribution in [-0.4, -0.2) is 44.9 Å². The van der Waals surface area contributed by atoms with Crippen LogP contribution in [0.3, 0.4) is 0 Å². The van der Waals surface area contributed by atoms with E-state index in [0.717, 1.165) is 36.9 Å². The van der Waals surface area contributed by atoms with Gasteiger partial charge in [0.05, 0.1) is 17.4 Å². The molecule has 2 heterocycles. The summed E-state index contributed by atoms with van der Waals surface area (Å²) in [7, 11) is 0. The summed E-state index contributed by atoms with van der Waals surface area (Å²) in [4.78, 5) is 13.3. The fraction of sp³-hybridized carbons (Fsp3) is 0.526. The molecule has 1 fully saturated rings. The maximum atomic E-state index is 13.5. The Bertz CT molecular complexity index is 692. The highest BCUT2D eigenvalue weighted by atomic mass is 19.1. The van der Waals surface area contributed by atoms with Crippen LogP contribution >= 0.6 is 0 Å². The Labute approximate surface area is 153 Å². The standard InChI is InChI=1S/C19H26FN5O/c1-2-13(20)11-22-19-23-12-16(17-5-3-4-10-21-17)18(25-19)24-14-6-8-15(26)9-7-14/h3-5,10,12-15,26H,2,6-9,11H2,1H3,(H2,22,23,24,25)/t13-,14-,15-/m1/s1. The first-order chi connectivity index (χ1) is 12.7. The minimum atomic E-state index is -0.926. The van der Waals surface area contributed by atoms with Crippen molar-refractivity contribution in [2.45, 2.75) is 57.3 Å². The molecular formula is C19H26FN5O. The number of halogens is 1. The summed E-state index contributed by atoms with van der Waals surface area (Å²) in [5.41, 5.74) is 1.60. The average Bonchev–Trinajstić information content (AvgIpc) is 2.68. The molecule has 1 saturated carbocycles. The lowest BCUT2D eigenvalue weighted by Gasteiger charge is -2.27. The van der Waals surface area contributed by atoms with E-state index in [4.69, 9.17) is 0 Å². The van der Waals surface area contributed by atoms with Crippen LogP contribution in [0.15, 0.2) is 30.6 Å². The summed E-state index contributed by atoms with van der Waals surface area (Å²) >= 11 is 0. The third kappa shape index (κ3) is 4.88. The van der Waals surface area contributed by atoms with E-state index in [1.54, 1.807) is 12.4 Å². The van der Waals surface area contributed by atoms with Crippen molar-refractivity contribution in [3.8, 4) is 11.3 Å². The van der Waals surface area contributed by atoms with Crippen LogP contribution in [0.25, 0.3) is 11.3 Å². The number of hydrogen-bond acceptors (Lipinski definition) is 6. The maximum absolute atomic E-state index is 13.5. The second-order valence-corrected chi connectivity index (χ2v) is 6.71. The van der Waals surface area contributed by atoms with Gasteiger partial charge in [0.1, 0.15) is 12.0 Å². The Kier molecular flexibility index (Phi) is 6.33. The monoisotopic (exact) mass is 359 g/mol. The molecule has 0 spiro atoms. The highest BCUT2D eigenvalue weighted by Gasteiger charge is 2.21. The highest BCUT2D eigenvalue weighted by molar-refractivity contribution is 5.72. The fourth-order valence-corrected chi connectivity index (χ4v) is 3.05. The van der Waals surface area contributed by atoms with E-state index in [1.807, 2.05) is 25.1 Å². The second-order valence-electron chi connectivity index (χ2n) is 6.71. The molecule has 1 atom stereocenters. The molecule has 140 valence electrons. The van der Waals surface area contributed by atoms with Gasteiger partial charge in [0.15, 0.2) is 0 Å². The maximum Gasteiger partial charge on any atom is 0.224 e. The van der Waals surface area contributed by atoms with Crippen LogP contribution in [0, 0.1) is 0 Å². The zero-order valence-corrected chi connectivity index (χ0v) is 15.0. The highest BCUT2D eigenvalue weighted by Crippen LogP contribution is 2.28. The molecule has 1 aliphatic carbocycles. The molecule has 6 nitrogen and oxygen atoms in total. The van der Waals surface area contributed by atoms with Gasteiger partial charge in [-0.2, -0.15) is 4.98 Å². The summed E-state index contributed by atoms with van der Waals surface area (Å²) < 4.78 is 13.5. The van der Waals surface area contributed by atoms with Gasteiger partial charge in [-0.25, -0.2) is 9.37 Å². The lowest BCUT2D eigenvalue weighted by molar-refractivity contribution is 0.126. The number of anilines is 2. The Morgan fingerprint density at radius 1 is 1.23 bits per heavy atom. The van der Waals surface area contributed by atoms with Crippen molar-refractivity contribution in [2.24, 2.45) is 0 Å². The zero-order chi connectivity index (χ0) is 18.4. The van der Waals surface area contributed by atoms with Gasteiger partial charge in [-0.3, -0.25) is 4.98 Å². The second kappa shape index (κ2) is 8.89. The van der Waals surface area contributed by atoms with Crippen LogP contribution < -0.4 is 10.6 Å². The van der Waals surface area contributed by atoms with Gasteiger partial charge in [-0.15, -0.1) is 0 Å². The first-order valence-corrected chi connectivity index (χ1v) is 9.26. The number of nitrogens with one attached hydrogen (secondary N) is 2. The van der Waals surface area contributed by atoms with Crippen LogP contribution in [0.5, 0.6) is 0 Å². The summed E-state index contributed by atoms with van der Waals surface area (Å²) in [6, 6.07) is 5.94. The topological polar surface area (TPSA) is 83.0 Å². The lowest BCUT2D eigenvalue weighted by Crippen LogP contribution is -2.29. The summed E-state index contributed by atoms with van der Waals surface area (Å²) in [6.45, 7) is 2.00. The van der Waals surface area contributed by atoms with Crippen LogP contribution in [-0.2, 0) is 0 Å². The largest absolute Gasteiger partial charge is 0.393 e. The minimum Gasteiger partial charge on any atom is -0.393 e. The molecule has 26 heavy (non-hydrogen) atoms. The number of aliphatic hydroxyl groups is 1. The zero-order valence-electron chi connectivity index (χ0n) is 15.0. The van der Waals surface area contributed by atoms with E-state index in [1.165, 1.54) is 0 Å². The van der Waals surface area contributed by atoms with Crippen molar-refractivity contribution >= 4 is 11.8 Å². The van der Waals surface area contributed by atoms with Gasteiger partial charge in [-0.05, 0) is 44.2 Å². The van der Waals surface area contributed by atoms with E-state index in [9.17, 15) is 9.50 Å². The predicted molar refractivity (Wildman–Crippen MR) is 101 cm³/mol. The van der Waals surface area contributed by atoms with Crippen LogP contribution in [0.4, 0.5) is 16.2 Å². The van der Waals surface area contributed by atoms with Gasteiger partial charge in [0, 0.05) is 25.0 Å². The molecular weight excluding hydrogens is 333 g/mol. The molecule has 0 saturated heterocycles. The molecule has 0 aromatic carbocycles. The molecule has 0 radical (unpaired) electrons. The number of aliphatic hydroxyl groups excluding tert-OH is 1. The van der Waals surface area contributed by atoms with Crippen LogP contribution in [0.1, 0.15) is 39.0 Å². The number of pyridine rings is 1. The van der Waals surface area contributed by atoms with Gasteiger partial charge in [0.2, 0.25) is 5.95 Å². The van der Waals surface area contributed by atoms with E-state index in [0.29, 0.717) is 18.2 Å². The number of rotatable bonds is 7. The third-order valence-electron chi connectivity index (χ3n) is 4.69. The van der Waals surface area contributed by atoms with Gasteiger partial charge in [0.25, 0.3) is 0 Å². The molecule has 0 unspecified atom stereocenters. The SMILES string of the molecule is CC[C@@H](F)CNc1ncc(-c2ccccn2)c(N[C@H]2CC[C@H](O)CC2)n1. The number of nitrogens with zero attached hydrogens (tertiary/aromatic N) is 3. The molecule has 3 rings (SSSR count). The van der Waals surface area contributed by atoms with Gasteiger partial charge < -0.3 is 15.7 Å². The smallest absolute Gasteiger partial charge is 0.224 e. The molecule has 0 bridgehead atoms. The van der Waals surface area contributed by atoms with E-state index in [2.05, 4.69) is 25.6 Å². The molecule has 7 heteroatoms. The molecule has 1 aliphatic rings. The van der Waals surface area contributed by atoms with Crippen LogP contribution in [0.2, 0.25) is 0 Å². The van der Waals surface area contributed by atoms with E-state index < -0.39 is 6.17 Å². The first-order valence-electron chi connectivity index (χ1n) is 9.26. The van der Waals surface area contributed by atoms with Gasteiger partial charge in [-0.1, -0.05) is 13.0 Å². The van der Waals surface area contributed by atoms with Gasteiger partial charge >= 0.3 is 0 Å². The molecule has 0 aliphatic heterocycles.